The van der Waals surface area contributed by atoms with E-state index in [-0.39, 0.29) is 6.54 Å². The Labute approximate surface area is 119 Å². The van der Waals surface area contributed by atoms with E-state index in [1.807, 2.05) is 12.3 Å². The van der Waals surface area contributed by atoms with Crippen LogP contribution in [-0.4, -0.2) is 57.9 Å². The van der Waals surface area contributed by atoms with Crippen molar-refractivity contribution in [1.29, 1.82) is 0 Å². The van der Waals surface area contributed by atoms with Crippen molar-refractivity contribution in [2.24, 2.45) is 5.73 Å². The van der Waals surface area contributed by atoms with Gasteiger partial charge in [0.1, 0.15) is 13.1 Å². The first kappa shape index (κ1) is 15.9. The monoisotopic (exact) mass is 300 g/mol. The summed E-state index contributed by atoms with van der Waals surface area (Å²) < 4.78 is 0. The first-order chi connectivity index (χ1) is 9.29. The van der Waals surface area contributed by atoms with Gasteiger partial charge in [0, 0.05) is 12.4 Å². The summed E-state index contributed by atoms with van der Waals surface area (Å²) in [7, 11) is 1.51. The molecule has 20 heavy (non-hydrogen) atoms. The molecule has 0 bridgehead atoms. The third-order valence-corrected chi connectivity index (χ3v) is 3.16. The Kier molecular flexibility index (Phi) is 5.44. The number of nitrogens with two attached hydrogens (primary N) is 1. The quantitative estimate of drug-likeness (QED) is 0.759. The van der Waals surface area contributed by atoms with E-state index in [9.17, 15) is 14.4 Å². The number of carbonyl (C=O) groups excluding carboxylic acids is 2. The van der Waals surface area contributed by atoms with E-state index in [1.165, 1.54) is 23.3 Å². The van der Waals surface area contributed by atoms with Crippen LogP contribution in [0, 0.1) is 6.92 Å². The number of nitrogens with zero attached hydrogens (tertiary/aromatic N) is 3. The molecule has 0 aromatic carbocycles. The van der Waals surface area contributed by atoms with E-state index >= 15 is 0 Å². The maximum absolute atomic E-state index is 12.1. The van der Waals surface area contributed by atoms with E-state index in [2.05, 4.69) is 4.98 Å². The van der Waals surface area contributed by atoms with Crippen molar-refractivity contribution in [2.75, 3.05) is 20.1 Å². The van der Waals surface area contributed by atoms with Crippen LogP contribution in [-0.2, 0) is 16.1 Å². The van der Waals surface area contributed by atoms with Gasteiger partial charge in [0.05, 0.1) is 17.2 Å². The predicted molar refractivity (Wildman–Crippen MR) is 72.1 cm³/mol. The van der Waals surface area contributed by atoms with Gasteiger partial charge in [-0.15, -0.1) is 11.3 Å². The number of thiazole rings is 1. The van der Waals surface area contributed by atoms with E-state index < -0.39 is 31.0 Å². The van der Waals surface area contributed by atoms with Crippen molar-refractivity contribution in [3.8, 4) is 0 Å². The summed E-state index contributed by atoms with van der Waals surface area (Å²) in [6, 6.07) is -0.586. The molecular formula is C11H16N4O4S. The Morgan fingerprint density at radius 3 is 2.50 bits per heavy atom. The summed E-state index contributed by atoms with van der Waals surface area (Å²) in [6.45, 7) is 1.06. The fourth-order valence-electron chi connectivity index (χ4n) is 1.58. The Morgan fingerprint density at radius 1 is 1.40 bits per heavy atom. The first-order valence-electron chi connectivity index (χ1n) is 5.70. The lowest BCUT2D eigenvalue weighted by molar-refractivity contribution is -0.138. The highest BCUT2D eigenvalue weighted by Crippen LogP contribution is 2.10. The molecule has 0 aliphatic rings. The number of hydrogen-bond donors (Lipinski definition) is 2. The highest BCUT2D eigenvalue weighted by Gasteiger charge is 2.22. The largest absolute Gasteiger partial charge is 0.480 e. The lowest BCUT2D eigenvalue weighted by Crippen LogP contribution is -2.47. The molecular weight excluding hydrogens is 284 g/mol. The van der Waals surface area contributed by atoms with Crippen molar-refractivity contribution in [3.05, 3.63) is 16.1 Å². The fourth-order valence-corrected chi connectivity index (χ4v) is 2.18. The van der Waals surface area contributed by atoms with Crippen molar-refractivity contribution in [2.45, 2.75) is 13.5 Å². The smallest absolute Gasteiger partial charge is 0.323 e. The van der Waals surface area contributed by atoms with Crippen LogP contribution in [0.25, 0.3) is 0 Å². The zero-order valence-corrected chi connectivity index (χ0v) is 12.0. The molecule has 0 radical (unpaired) electrons. The van der Waals surface area contributed by atoms with Crippen LogP contribution in [0.5, 0.6) is 0 Å². The maximum atomic E-state index is 12.1. The second-order valence-corrected chi connectivity index (χ2v) is 5.27. The Bertz CT molecular complexity index is 500. The van der Waals surface area contributed by atoms with Crippen molar-refractivity contribution in [3.63, 3.8) is 0 Å². The molecule has 0 saturated heterocycles. The molecule has 0 fully saturated rings. The van der Waals surface area contributed by atoms with Crippen LogP contribution < -0.4 is 5.73 Å². The number of aromatic nitrogens is 1. The molecule has 1 aromatic rings. The van der Waals surface area contributed by atoms with Gasteiger partial charge in [-0.25, -0.2) is 9.78 Å². The van der Waals surface area contributed by atoms with E-state index in [0.29, 0.717) is 5.69 Å². The molecule has 3 N–H and O–H groups in total. The highest BCUT2D eigenvalue weighted by molar-refractivity contribution is 7.09. The summed E-state index contributed by atoms with van der Waals surface area (Å²) in [6.07, 6.45) is 0. The number of aliphatic carboxylic acids is 1. The molecule has 0 aliphatic carbocycles. The maximum Gasteiger partial charge on any atom is 0.323 e. The Balaban J connectivity index is 2.71. The van der Waals surface area contributed by atoms with Crippen molar-refractivity contribution in [1.82, 2.24) is 14.8 Å². The van der Waals surface area contributed by atoms with Crippen LogP contribution >= 0.6 is 11.3 Å². The second-order valence-electron chi connectivity index (χ2n) is 4.21. The lowest BCUT2D eigenvalue weighted by atomic mass is 10.4. The van der Waals surface area contributed by atoms with E-state index in [0.717, 1.165) is 9.91 Å². The van der Waals surface area contributed by atoms with Gasteiger partial charge < -0.3 is 20.6 Å². The third kappa shape index (κ3) is 4.84. The zero-order chi connectivity index (χ0) is 15.3. The van der Waals surface area contributed by atoms with Gasteiger partial charge in [-0.2, -0.15) is 0 Å². The fraction of sp³-hybridized carbons (Fsp3) is 0.455. The molecule has 110 valence electrons. The van der Waals surface area contributed by atoms with Gasteiger partial charge >= 0.3 is 12.0 Å². The minimum atomic E-state index is -1.21. The molecule has 9 heteroatoms. The van der Waals surface area contributed by atoms with E-state index in [4.69, 9.17) is 10.8 Å². The number of aryl methyl sites for hydroxylation is 1. The van der Waals surface area contributed by atoms with Crippen LogP contribution in [0.15, 0.2) is 5.38 Å². The Hall–Kier alpha value is -2.16. The van der Waals surface area contributed by atoms with E-state index in [1.54, 1.807) is 0 Å². The second kappa shape index (κ2) is 6.85. The third-order valence-electron chi connectivity index (χ3n) is 2.34. The predicted octanol–water partition coefficient (Wildman–Crippen LogP) is -0.125. The van der Waals surface area contributed by atoms with Gasteiger partial charge in [-0.05, 0) is 6.92 Å². The SMILES string of the molecule is Cc1nc(CN(C)C(=O)N(CC(N)=O)CC(=O)O)cs1. The molecule has 0 aliphatic heterocycles. The normalized spacial score (nSPS) is 10.1. The average molecular weight is 300 g/mol. The first-order valence-corrected chi connectivity index (χ1v) is 6.58. The van der Waals surface area contributed by atoms with Crippen LogP contribution in [0.4, 0.5) is 4.79 Å². The number of primary amides is 1. The lowest BCUT2D eigenvalue weighted by Gasteiger charge is -2.25. The molecule has 1 rings (SSSR count). The van der Waals surface area contributed by atoms with Crippen LogP contribution in [0.1, 0.15) is 10.7 Å². The minimum absolute atomic E-state index is 0.234. The van der Waals surface area contributed by atoms with Crippen molar-refractivity contribution >= 4 is 29.2 Å². The zero-order valence-electron chi connectivity index (χ0n) is 11.2. The van der Waals surface area contributed by atoms with Gasteiger partial charge in [0.15, 0.2) is 0 Å². The topological polar surface area (TPSA) is 117 Å². The van der Waals surface area contributed by atoms with Gasteiger partial charge in [-0.1, -0.05) is 0 Å². The Morgan fingerprint density at radius 2 is 2.05 bits per heavy atom. The number of hydrogen-bond acceptors (Lipinski definition) is 5. The molecule has 8 nitrogen and oxygen atoms in total. The van der Waals surface area contributed by atoms with Gasteiger partial charge in [-0.3, -0.25) is 9.59 Å². The van der Waals surface area contributed by atoms with Gasteiger partial charge in [0.25, 0.3) is 0 Å². The standard InChI is InChI=1S/C11H16N4O4S/c1-7-13-8(6-20-7)3-14(2)11(19)15(4-9(12)16)5-10(17)18/h6H,3-5H2,1-2H3,(H2,12,16)(H,17,18). The molecule has 0 unspecified atom stereocenters. The molecule has 1 heterocycles. The number of rotatable bonds is 6. The average Bonchev–Trinajstić information content (AvgIpc) is 2.71. The van der Waals surface area contributed by atoms with Crippen molar-refractivity contribution < 1.29 is 19.5 Å². The van der Waals surface area contributed by atoms with Gasteiger partial charge in [0.2, 0.25) is 5.91 Å². The number of carboxylic acids is 1. The highest BCUT2D eigenvalue weighted by atomic mass is 32.1. The molecule has 1 aromatic heterocycles. The molecule has 0 atom stereocenters. The van der Waals surface area contributed by atoms with Crippen LogP contribution in [0.2, 0.25) is 0 Å². The number of amides is 3. The summed E-state index contributed by atoms with van der Waals surface area (Å²) in [5.74, 6) is -1.98. The number of carbonyl (C=O) groups is 3. The molecule has 3 amide bonds. The number of carboxylic acid groups (broad SMARTS) is 1. The molecule has 0 saturated carbocycles. The van der Waals surface area contributed by atoms with Crippen LogP contribution in [0.3, 0.4) is 0 Å². The summed E-state index contributed by atoms with van der Waals surface area (Å²) >= 11 is 1.46. The minimum Gasteiger partial charge on any atom is -0.480 e. The summed E-state index contributed by atoms with van der Waals surface area (Å²) in [4.78, 5) is 40.1. The summed E-state index contributed by atoms with van der Waals surface area (Å²) in [5.41, 5.74) is 5.71. The molecule has 0 spiro atoms. The summed E-state index contributed by atoms with van der Waals surface area (Å²) in [5, 5.41) is 11.4. The number of urea groups is 1.